The van der Waals surface area contributed by atoms with Gasteiger partial charge in [-0.25, -0.2) is 0 Å². The summed E-state index contributed by atoms with van der Waals surface area (Å²) >= 11 is 0. The van der Waals surface area contributed by atoms with E-state index in [9.17, 15) is 14.7 Å². The van der Waals surface area contributed by atoms with Crippen LogP contribution >= 0.6 is 0 Å². The number of amides is 1. The number of benzene rings is 1. The number of hydrogen-bond acceptors (Lipinski definition) is 4. The molecule has 1 aliphatic heterocycles. The SMILES string of the molecule is COC(=O)CCCCCCN1C(=O)CCC1C=C[C@@H](O)[C@@H](C)CCCCc1ccccc1. The van der Waals surface area contributed by atoms with Crippen molar-refractivity contribution in [2.24, 2.45) is 5.92 Å². The number of rotatable bonds is 15. The normalized spacial score (nSPS) is 18.3. The Hall–Kier alpha value is -2.14. The van der Waals surface area contributed by atoms with Gasteiger partial charge in [-0.3, -0.25) is 9.59 Å². The first kappa shape index (κ1) is 26.1. The predicted octanol–water partition coefficient (Wildman–Crippen LogP) is 5.07. The van der Waals surface area contributed by atoms with Gasteiger partial charge in [-0.05, 0) is 50.0 Å². The number of aliphatic hydroxyl groups is 1. The van der Waals surface area contributed by atoms with Crippen molar-refractivity contribution in [3.8, 4) is 0 Å². The lowest BCUT2D eigenvalue weighted by Gasteiger charge is -2.23. The van der Waals surface area contributed by atoms with E-state index in [1.165, 1.54) is 12.7 Å². The second kappa shape index (κ2) is 14.8. The molecule has 1 aliphatic rings. The quantitative estimate of drug-likeness (QED) is 0.234. The van der Waals surface area contributed by atoms with E-state index in [1.807, 2.05) is 23.1 Å². The molecule has 1 aromatic rings. The van der Waals surface area contributed by atoms with Crippen LogP contribution < -0.4 is 0 Å². The van der Waals surface area contributed by atoms with Gasteiger partial charge in [0, 0.05) is 19.4 Å². The fraction of sp³-hybridized carbons (Fsp3) is 0.630. The van der Waals surface area contributed by atoms with E-state index in [0.717, 1.165) is 64.3 Å². The maximum Gasteiger partial charge on any atom is 0.305 e. The fourth-order valence-electron chi connectivity index (χ4n) is 4.30. The van der Waals surface area contributed by atoms with Crippen molar-refractivity contribution in [3.63, 3.8) is 0 Å². The molecule has 178 valence electrons. The Morgan fingerprint density at radius 1 is 1.16 bits per heavy atom. The lowest BCUT2D eigenvalue weighted by atomic mass is 9.95. The first-order chi connectivity index (χ1) is 15.5. The summed E-state index contributed by atoms with van der Waals surface area (Å²) in [5.74, 6) is 0.258. The molecule has 1 saturated heterocycles. The van der Waals surface area contributed by atoms with Gasteiger partial charge in [-0.15, -0.1) is 0 Å². The van der Waals surface area contributed by atoms with E-state index in [2.05, 4.69) is 35.9 Å². The third-order valence-corrected chi connectivity index (χ3v) is 6.46. The Labute approximate surface area is 193 Å². The predicted molar refractivity (Wildman–Crippen MR) is 128 cm³/mol. The summed E-state index contributed by atoms with van der Waals surface area (Å²) < 4.78 is 4.65. The van der Waals surface area contributed by atoms with Crippen molar-refractivity contribution < 1.29 is 19.4 Å². The number of aryl methyl sites for hydroxylation is 1. The van der Waals surface area contributed by atoms with Crippen LogP contribution in [0.15, 0.2) is 42.5 Å². The molecule has 0 aliphatic carbocycles. The molecule has 5 nitrogen and oxygen atoms in total. The van der Waals surface area contributed by atoms with Crippen LogP contribution in [-0.2, 0) is 20.7 Å². The summed E-state index contributed by atoms with van der Waals surface area (Å²) in [5, 5.41) is 10.6. The average Bonchev–Trinajstić information content (AvgIpc) is 3.16. The highest BCUT2D eigenvalue weighted by atomic mass is 16.5. The van der Waals surface area contributed by atoms with E-state index in [0.29, 0.717) is 12.8 Å². The van der Waals surface area contributed by atoms with Crippen LogP contribution in [0.3, 0.4) is 0 Å². The Morgan fingerprint density at radius 2 is 1.91 bits per heavy atom. The highest BCUT2D eigenvalue weighted by Gasteiger charge is 2.28. The molecule has 0 aromatic heterocycles. The standard InChI is InChI=1S/C27H41NO4/c1-22(12-9-10-15-23-13-6-5-7-14-23)25(29)19-17-24-18-20-26(30)28(24)21-11-4-3-8-16-27(31)32-2/h5-7,13-14,17,19,22,24-25,29H,3-4,8-12,15-16,18,20-21H2,1-2H3/t22-,24?,25+/m0/s1. The maximum atomic E-state index is 12.3. The molecule has 5 heteroatoms. The molecule has 0 bridgehead atoms. The van der Waals surface area contributed by atoms with Crippen molar-refractivity contribution >= 4 is 11.9 Å². The van der Waals surface area contributed by atoms with Gasteiger partial charge in [0.1, 0.15) is 0 Å². The van der Waals surface area contributed by atoms with Crippen LogP contribution in [0, 0.1) is 5.92 Å². The second-order valence-electron chi connectivity index (χ2n) is 9.02. The first-order valence-corrected chi connectivity index (χ1v) is 12.3. The zero-order chi connectivity index (χ0) is 23.2. The Balaban J connectivity index is 1.65. The number of aliphatic hydroxyl groups excluding tert-OH is 1. The van der Waals surface area contributed by atoms with Gasteiger partial charge in [0.25, 0.3) is 0 Å². The maximum absolute atomic E-state index is 12.3. The molecule has 2 rings (SSSR count). The molecule has 1 heterocycles. The highest BCUT2D eigenvalue weighted by Crippen LogP contribution is 2.22. The van der Waals surface area contributed by atoms with Crippen molar-refractivity contribution in [2.75, 3.05) is 13.7 Å². The molecule has 1 N–H and O–H groups in total. The van der Waals surface area contributed by atoms with Crippen molar-refractivity contribution in [1.82, 2.24) is 4.90 Å². The number of carbonyl (C=O) groups excluding carboxylic acids is 2. The summed E-state index contributed by atoms with van der Waals surface area (Å²) in [5.41, 5.74) is 1.37. The minimum Gasteiger partial charge on any atom is -0.469 e. The summed E-state index contributed by atoms with van der Waals surface area (Å²) in [4.78, 5) is 25.4. The van der Waals surface area contributed by atoms with Gasteiger partial charge >= 0.3 is 5.97 Å². The first-order valence-electron chi connectivity index (χ1n) is 12.3. The third-order valence-electron chi connectivity index (χ3n) is 6.46. The Kier molecular flexibility index (Phi) is 12.1. The van der Waals surface area contributed by atoms with Gasteiger partial charge in [0.15, 0.2) is 0 Å². The molecule has 32 heavy (non-hydrogen) atoms. The molecular weight excluding hydrogens is 402 g/mol. The third kappa shape index (κ3) is 9.56. The van der Waals surface area contributed by atoms with Crippen molar-refractivity contribution in [2.45, 2.75) is 89.7 Å². The number of nitrogens with zero attached hydrogens (tertiary/aromatic N) is 1. The van der Waals surface area contributed by atoms with E-state index in [4.69, 9.17) is 0 Å². The molecule has 1 aromatic carbocycles. The van der Waals surface area contributed by atoms with Crippen LogP contribution in [0.4, 0.5) is 0 Å². The topological polar surface area (TPSA) is 66.8 Å². The minimum absolute atomic E-state index is 0.0949. The number of esters is 1. The van der Waals surface area contributed by atoms with Crippen LogP contribution in [0.5, 0.6) is 0 Å². The zero-order valence-electron chi connectivity index (χ0n) is 19.9. The van der Waals surface area contributed by atoms with Crippen molar-refractivity contribution in [1.29, 1.82) is 0 Å². The molecule has 0 radical (unpaired) electrons. The van der Waals surface area contributed by atoms with Gasteiger partial charge < -0.3 is 14.7 Å². The number of ether oxygens (including phenoxy) is 1. The second-order valence-corrected chi connectivity index (χ2v) is 9.02. The van der Waals surface area contributed by atoms with E-state index in [-0.39, 0.29) is 23.8 Å². The summed E-state index contributed by atoms with van der Waals surface area (Å²) in [6, 6.07) is 10.6. The number of likely N-dealkylation sites (tertiary alicyclic amines) is 1. The number of carbonyl (C=O) groups is 2. The average molecular weight is 444 g/mol. The van der Waals surface area contributed by atoms with E-state index in [1.54, 1.807) is 0 Å². The molecule has 1 unspecified atom stereocenters. The monoisotopic (exact) mass is 443 g/mol. The van der Waals surface area contributed by atoms with Crippen LogP contribution in [0.1, 0.15) is 76.7 Å². The fourth-order valence-corrected chi connectivity index (χ4v) is 4.30. The molecule has 1 fully saturated rings. The molecular formula is C27H41NO4. The van der Waals surface area contributed by atoms with E-state index < -0.39 is 6.10 Å². The van der Waals surface area contributed by atoms with Crippen LogP contribution in [-0.4, -0.2) is 47.7 Å². The van der Waals surface area contributed by atoms with Gasteiger partial charge in [-0.1, -0.05) is 68.7 Å². The Morgan fingerprint density at radius 3 is 2.66 bits per heavy atom. The van der Waals surface area contributed by atoms with E-state index >= 15 is 0 Å². The minimum atomic E-state index is -0.470. The Bertz CT molecular complexity index is 703. The smallest absolute Gasteiger partial charge is 0.305 e. The number of hydrogen-bond donors (Lipinski definition) is 1. The van der Waals surface area contributed by atoms with Gasteiger partial charge in [0.05, 0.1) is 19.3 Å². The summed E-state index contributed by atoms with van der Waals surface area (Å²) in [6.45, 7) is 2.85. The molecule has 0 spiro atoms. The highest BCUT2D eigenvalue weighted by molar-refractivity contribution is 5.79. The molecule has 1 amide bonds. The lowest BCUT2D eigenvalue weighted by Crippen LogP contribution is -2.33. The van der Waals surface area contributed by atoms with Crippen LogP contribution in [0.2, 0.25) is 0 Å². The summed E-state index contributed by atoms with van der Waals surface area (Å²) in [7, 11) is 1.42. The lowest BCUT2D eigenvalue weighted by molar-refractivity contribution is -0.140. The number of methoxy groups -OCH3 is 1. The van der Waals surface area contributed by atoms with Crippen LogP contribution in [0.25, 0.3) is 0 Å². The largest absolute Gasteiger partial charge is 0.469 e. The molecule has 0 saturated carbocycles. The van der Waals surface area contributed by atoms with Crippen molar-refractivity contribution in [3.05, 3.63) is 48.0 Å². The number of unbranched alkanes of at least 4 members (excludes halogenated alkanes) is 4. The van der Waals surface area contributed by atoms with Gasteiger partial charge in [-0.2, -0.15) is 0 Å². The van der Waals surface area contributed by atoms with Gasteiger partial charge in [0.2, 0.25) is 5.91 Å². The zero-order valence-corrected chi connectivity index (χ0v) is 19.9. The molecule has 3 atom stereocenters. The summed E-state index contributed by atoms with van der Waals surface area (Å²) in [6.07, 6.45) is 13.4.